The molecule has 0 bridgehead atoms. The van der Waals surface area contributed by atoms with Gasteiger partial charge in [-0.25, -0.2) is 0 Å². The van der Waals surface area contributed by atoms with E-state index in [1.54, 1.807) is 0 Å². The van der Waals surface area contributed by atoms with Gasteiger partial charge in [0.05, 0.1) is 18.8 Å². The van der Waals surface area contributed by atoms with Crippen LogP contribution in [0.4, 0.5) is 0 Å². The first-order valence-electron chi connectivity index (χ1n) is 10.6. The van der Waals surface area contributed by atoms with E-state index < -0.39 is 30.5 Å². The lowest BCUT2D eigenvalue weighted by atomic mass is 9.91. The van der Waals surface area contributed by atoms with Crippen LogP contribution in [0.25, 0.3) is 0 Å². The van der Waals surface area contributed by atoms with E-state index in [9.17, 15) is 20.1 Å². The van der Waals surface area contributed by atoms with Gasteiger partial charge in [0.15, 0.2) is 0 Å². The van der Waals surface area contributed by atoms with Crippen LogP contribution in [0.3, 0.4) is 0 Å². The molecule has 0 aromatic heterocycles. The third kappa shape index (κ3) is 8.87. The fraction of sp³-hybridized carbons (Fsp3) is 0.950. The predicted octanol–water partition coefficient (Wildman–Crippen LogP) is 1.26. The maximum Gasteiger partial charge on any atom is 0.220 e. The van der Waals surface area contributed by atoms with Crippen molar-refractivity contribution >= 4 is 5.91 Å². The molecule has 0 spiro atoms. The number of nitrogens with one attached hydrogen (secondary N) is 1. The Bertz CT molecular complexity index is 393. The molecule has 5 N–H and O–H groups in total. The number of unbranched alkanes of at least 4 members (excludes halogenated alkanes) is 8. The molecule has 0 radical (unpaired) electrons. The number of hydrogen-bond acceptors (Lipinski definition) is 6. The molecule has 7 heteroatoms. The molecular formula is C20H39NO6. The number of aliphatic hydroxyl groups excluding tert-OH is 4. The molecule has 1 heterocycles. The van der Waals surface area contributed by atoms with E-state index in [0.717, 1.165) is 32.1 Å². The minimum Gasteiger partial charge on any atom is -0.396 e. The van der Waals surface area contributed by atoms with Gasteiger partial charge < -0.3 is 30.5 Å². The van der Waals surface area contributed by atoms with Gasteiger partial charge in [-0.3, -0.25) is 4.79 Å². The van der Waals surface area contributed by atoms with Crippen LogP contribution in [0.5, 0.6) is 0 Å². The van der Waals surface area contributed by atoms with Gasteiger partial charge in [-0.05, 0) is 19.3 Å². The van der Waals surface area contributed by atoms with Gasteiger partial charge in [0.25, 0.3) is 0 Å². The molecule has 1 aliphatic rings. The van der Waals surface area contributed by atoms with E-state index in [1.807, 2.05) is 6.92 Å². The van der Waals surface area contributed by atoms with Crippen LogP contribution < -0.4 is 5.32 Å². The largest absolute Gasteiger partial charge is 0.396 e. The van der Waals surface area contributed by atoms with Crippen molar-refractivity contribution in [2.75, 3.05) is 13.2 Å². The molecule has 3 unspecified atom stereocenters. The van der Waals surface area contributed by atoms with Crippen LogP contribution >= 0.6 is 0 Å². The SMILES string of the molecule is CC[C@@H]1OC(CO)[C@@H](O)C(O)C1NC(=O)CCCCCCCCCCCO. The second kappa shape index (κ2) is 14.3. The minimum absolute atomic E-state index is 0.139. The standard InChI is InChI=1S/C20H39NO6/c1-2-15-18(20(26)19(25)16(14-23)27-15)21-17(24)12-10-8-6-4-3-5-7-9-11-13-22/h15-16,18-20,22-23,25-26H,2-14H2,1H3,(H,21,24)/t15-,16?,18?,19+,20?/m0/s1. The van der Waals surface area contributed by atoms with Crippen LogP contribution in [-0.4, -0.2) is 70.0 Å². The second-order valence-electron chi connectivity index (χ2n) is 7.53. The summed E-state index contributed by atoms with van der Waals surface area (Å²) in [6.45, 7) is 1.80. The molecule has 1 aliphatic heterocycles. The van der Waals surface area contributed by atoms with E-state index in [4.69, 9.17) is 9.84 Å². The summed E-state index contributed by atoms with van der Waals surface area (Å²) in [5.74, 6) is -0.139. The van der Waals surface area contributed by atoms with Crippen molar-refractivity contribution in [3.63, 3.8) is 0 Å². The summed E-state index contributed by atoms with van der Waals surface area (Å²) in [4.78, 5) is 12.2. The average Bonchev–Trinajstić information content (AvgIpc) is 2.67. The monoisotopic (exact) mass is 389 g/mol. The Balaban J connectivity index is 2.18. The van der Waals surface area contributed by atoms with Gasteiger partial charge in [0.2, 0.25) is 5.91 Å². The van der Waals surface area contributed by atoms with Crippen molar-refractivity contribution in [3.05, 3.63) is 0 Å². The van der Waals surface area contributed by atoms with Crippen molar-refractivity contribution in [3.8, 4) is 0 Å². The molecule has 0 aromatic carbocycles. The molecule has 1 fully saturated rings. The Hall–Kier alpha value is -0.730. The average molecular weight is 390 g/mol. The van der Waals surface area contributed by atoms with Crippen molar-refractivity contribution in [1.29, 1.82) is 0 Å². The predicted molar refractivity (Wildman–Crippen MR) is 103 cm³/mol. The van der Waals surface area contributed by atoms with Crippen molar-refractivity contribution in [2.24, 2.45) is 0 Å². The molecule has 5 atom stereocenters. The van der Waals surface area contributed by atoms with Gasteiger partial charge in [0, 0.05) is 13.0 Å². The fourth-order valence-electron chi connectivity index (χ4n) is 3.61. The Morgan fingerprint density at radius 1 is 0.852 bits per heavy atom. The van der Waals surface area contributed by atoms with E-state index in [2.05, 4.69) is 5.32 Å². The van der Waals surface area contributed by atoms with E-state index in [-0.39, 0.29) is 19.1 Å². The van der Waals surface area contributed by atoms with Crippen LogP contribution in [-0.2, 0) is 9.53 Å². The number of aliphatic hydroxyl groups is 4. The minimum atomic E-state index is -1.21. The summed E-state index contributed by atoms with van der Waals surface area (Å²) in [5, 5.41) is 41.0. The van der Waals surface area contributed by atoms with Gasteiger partial charge >= 0.3 is 0 Å². The van der Waals surface area contributed by atoms with Gasteiger partial charge in [-0.2, -0.15) is 0 Å². The third-order valence-electron chi connectivity index (χ3n) is 5.32. The first-order valence-corrected chi connectivity index (χ1v) is 10.6. The Morgan fingerprint density at radius 2 is 1.41 bits per heavy atom. The van der Waals surface area contributed by atoms with Crippen molar-refractivity contribution in [2.45, 2.75) is 108 Å². The molecule has 1 saturated heterocycles. The summed E-state index contributed by atoms with van der Waals surface area (Å²) in [7, 11) is 0. The van der Waals surface area contributed by atoms with Crippen LogP contribution in [0.2, 0.25) is 0 Å². The van der Waals surface area contributed by atoms with Gasteiger partial charge in [-0.15, -0.1) is 0 Å². The zero-order valence-corrected chi connectivity index (χ0v) is 16.7. The normalized spacial score (nSPS) is 28.3. The number of carbonyl (C=O) groups is 1. The quantitative estimate of drug-likeness (QED) is 0.285. The topological polar surface area (TPSA) is 119 Å². The molecule has 0 saturated carbocycles. The lowest BCUT2D eigenvalue weighted by Gasteiger charge is -2.42. The summed E-state index contributed by atoms with van der Waals surface area (Å²) in [6, 6.07) is -0.653. The fourth-order valence-corrected chi connectivity index (χ4v) is 3.61. The van der Waals surface area contributed by atoms with Crippen LogP contribution in [0.15, 0.2) is 0 Å². The lowest BCUT2D eigenvalue weighted by Crippen LogP contribution is -2.64. The third-order valence-corrected chi connectivity index (χ3v) is 5.32. The highest BCUT2D eigenvalue weighted by atomic mass is 16.5. The maximum atomic E-state index is 12.2. The Morgan fingerprint density at radius 3 is 1.93 bits per heavy atom. The molecule has 0 aliphatic carbocycles. The van der Waals surface area contributed by atoms with E-state index >= 15 is 0 Å². The number of ether oxygens (including phenoxy) is 1. The molecule has 27 heavy (non-hydrogen) atoms. The summed E-state index contributed by atoms with van der Waals surface area (Å²) < 4.78 is 5.60. The molecule has 1 rings (SSSR count). The number of hydrogen-bond donors (Lipinski definition) is 5. The summed E-state index contributed by atoms with van der Waals surface area (Å²) >= 11 is 0. The highest BCUT2D eigenvalue weighted by Crippen LogP contribution is 2.23. The zero-order valence-electron chi connectivity index (χ0n) is 16.7. The first kappa shape index (κ1) is 24.3. The van der Waals surface area contributed by atoms with Crippen LogP contribution in [0.1, 0.15) is 77.6 Å². The smallest absolute Gasteiger partial charge is 0.220 e. The Kier molecular flexibility index (Phi) is 12.9. The molecular weight excluding hydrogens is 350 g/mol. The van der Waals surface area contributed by atoms with Gasteiger partial charge in [-0.1, -0.05) is 51.9 Å². The van der Waals surface area contributed by atoms with Crippen molar-refractivity contribution < 1.29 is 30.0 Å². The van der Waals surface area contributed by atoms with Gasteiger partial charge in [0.1, 0.15) is 18.3 Å². The molecule has 0 aromatic rings. The Labute approximate surface area is 163 Å². The first-order chi connectivity index (χ1) is 13.0. The number of carbonyl (C=O) groups excluding carboxylic acids is 1. The second-order valence-corrected chi connectivity index (χ2v) is 7.53. The molecule has 160 valence electrons. The summed E-state index contributed by atoms with van der Waals surface area (Å²) in [5.41, 5.74) is 0. The highest BCUT2D eigenvalue weighted by Gasteiger charge is 2.43. The zero-order chi connectivity index (χ0) is 20.1. The maximum absolute atomic E-state index is 12.2. The molecule has 1 amide bonds. The summed E-state index contributed by atoms with van der Waals surface area (Å²) in [6.07, 6.45) is 7.04. The van der Waals surface area contributed by atoms with Crippen LogP contribution in [0, 0.1) is 0 Å². The number of rotatable bonds is 14. The van der Waals surface area contributed by atoms with Crippen molar-refractivity contribution in [1.82, 2.24) is 5.32 Å². The highest BCUT2D eigenvalue weighted by molar-refractivity contribution is 5.76. The van der Waals surface area contributed by atoms with E-state index in [0.29, 0.717) is 12.8 Å². The van der Waals surface area contributed by atoms with E-state index in [1.165, 1.54) is 25.7 Å². The lowest BCUT2D eigenvalue weighted by molar-refractivity contribution is -0.195. The number of amides is 1. The molecule has 7 nitrogen and oxygen atoms in total.